The zero-order valence-electron chi connectivity index (χ0n) is 17.9. The van der Waals surface area contributed by atoms with Crippen LogP contribution in [0.25, 0.3) is 0 Å². The quantitative estimate of drug-likeness (QED) is 0.579. The minimum absolute atomic E-state index is 0.0390. The Bertz CT molecular complexity index is 1110. The van der Waals surface area contributed by atoms with Crippen LogP contribution in [0.3, 0.4) is 0 Å². The van der Waals surface area contributed by atoms with Crippen molar-refractivity contribution in [3.63, 3.8) is 0 Å². The van der Waals surface area contributed by atoms with Crippen LogP contribution in [0.5, 0.6) is 5.75 Å². The molecule has 1 aromatic heterocycles. The van der Waals surface area contributed by atoms with Gasteiger partial charge in [0.05, 0.1) is 12.8 Å². The van der Waals surface area contributed by atoms with E-state index >= 15 is 0 Å². The molecule has 0 atom stereocenters. The predicted octanol–water partition coefficient (Wildman–Crippen LogP) is 1.12. The number of nitrogens with zero attached hydrogens (tertiary/aromatic N) is 3. The molecule has 1 saturated heterocycles. The third-order valence-corrected chi connectivity index (χ3v) is 7.39. The minimum Gasteiger partial charge on any atom is -0.495 e. The highest BCUT2D eigenvalue weighted by Crippen LogP contribution is 2.27. The molecule has 174 valence electrons. The maximum Gasteiger partial charge on any atom is 0.265 e. The molecule has 0 radical (unpaired) electrons. The number of carbonyl (C=O) groups is 2. The van der Waals surface area contributed by atoms with E-state index in [2.05, 4.69) is 5.32 Å². The molecule has 3 N–H and O–H groups in total. The van der Waals surface area contributed by atoms with Gasteiger partial charge in [0, 0.05) is 57.4 Å². The van der Waals surface area contributed by atoms with Crippen LogP contribution >= 0.6 is 11.6 Å². The lowest BCUT2D eigenvalue weighted by molar-refractivity contribution is -0.116. The van der Waals surface area contributed by atoms with Crippen molar-refractivity contribution in [2.24, 2.45) is 12.8 Å². The number of nitrogens with one attached hydrogen (secondary N) is 1. The molecule has 2 amide bonds. The Labute approximate surface area is 191 Å². The van der Waals surface area contributed by atoms with Gasteiger partial charge in [-0.2, -0.15) is 4.31 Å². The van der Waals surface area contributed by atoms with Gasteiger partial charge >= 0.3 is 0 Å². The van der Waals surface area contributed by atoms with E-state index in [1.165, 1.54) is 28.2 Å². The van der Waals surface area contributed by atoms with Gasteiger partial charge in [-0.3, -0.25) is 9.59 Å². The number of piperazine rings is 1. The molecule has 1 aliphatic rings. The number of hydrogen-bond donors (Lipinski definition) is 2. The van der Waals surface area contributed by atoms with Crippen molar-refractivity contribution in [1.29, 1.82) is 0 Å². The van der Waals surface area contributed by atoms with E-state index in [1.807, 2.05) is 4.90 Å². The highest BCUT2D eigenvalue weighted by Gasteiger charge is 2.30. The van der Waals surface area contributed by atoms with Gasteiger partial charge in [-0.25, -0.2) is 8.42 Å². The molecule has 0 unspecified atom stereocenters. The summed E-state index contributed by atoms with van der Waals surface area (Å²) in [5, 5.41) is 3.28. The minimum atomic E-state index is -3.73. The van der Waals surface area contributed by atoms with Crippen molar-refractivity contribution in [2.45, 2.75) is 11.3 Å². The molecule has 2 heterocycles. The predicted molar refractivity (Wildman–Crippen MR) is 120 cm³/mol. The highest BCUT2D eigenvalue weighted by molar-refractivity contribution is 7.89. The summed E-state index contributed by atoms with van der Waals surface area (Å²) in [6.45, 7) is 2.03. The topological polar surface area (TPSA) is 127 Å². The third kappa shape index (κ3) is 5.41. The molecular formula is C20H26ClN5O5S. The summed E-state index contributed by atoms with van der Waals surface area (Å²) in [5.41, 5.74) is 5.91. The van der Waals surface area contributed by atoms with E-state index in [0.717, 1.165) is 0 Å². The second kappa shape index (κ2) is 9.90. The van der Waals surface area contributed by atoms with E-state index < -0.39 is 15.9 Å². The second-order valence-corrected chi connectivity index (χ2v) is 9.80. The molecule has 32 heavy (non-hydrogen) atoms. The first-order valence-corrected chi connectivity index (χ1v) is 11.8. The summed E-state index contributed by atoms with van der Waals surface area (Å²) < 4.78 is 33.8. The molecule has 3 rings (SSSR count). The molecule has 1 aromatic carbocycles. The fourth-order valence-corrected chi connectivity index (χ4v) is 5.18. The Morgan fingerprint density at radius 1 is 1.19 bits per heavy atom. The van der Waals surface area contributed by atoms with E-state index in [-0.39, 0.29) is 36.0 Å². The SMILES string of the molecule is COc1ccc(Cl)cc1NC(=O)CCN1CCN(S(=O)(=O)c2cc(C(N)=O)n(C)c2)CC1. The van der Waals surface area contributed by atoms with Crippen molar-refractivity contribution in [3.8, 4) is 5.75 Å². The van der Waals surface area contributed by atoms with Crippen LogP contribution in [0, 0.1) is 0 Å². The van der Waals surface area contributed by atoms with Gasteiger partial charge in [-0.1, -0.05) is 11.6 Å². The number of benzene rings is 1. The number of anilines is 1. The van der Waals surface area contributed by atoms with Crippen LogP contribution in [0.2, 0.25) is 5.02 Å². The molecule has 0 spiro atoms. The molecule has 2 aromatic rings. The molecule has 1 fully saturated rings. The van der Waals surface area contributed by atoms with Gasteiger partial charge in [0.15, 0.2) is 0 Å². The first-order chi connectivity index (χ1) is 15.1. The van der Waals surface area contributed by atoms with Crippen LogP contribution in [0.1, 0.15) is 16.9 Å². The number of ether oxygens (including phenoxy) is 1. The second-order valence-electron chi connectivity index (χ2n) is 7.42. The normalized spacial score (nSPS) is 15.5. The zero-order chi connectivity index (χ0) is 23.5. The number of sulfonamides is 1. The number of aryl methyl sites for hydroxylation is 1. The van der Waals surface area contributed by atoms with Crippen molar-refractivity contribution in [2.75, 3.05) is 45.2 Å². The number of hydrogen-bond acceptors (Lipinski definition) is 6. The van der Waals surface area contributed by atoms with E-state index in [0.29, 0.717) is 36.1 Å². The maximum atomic E-state index is 12.9. The number of halogens is 1. The number of carbonyl (C=O) groups excluding carboxylic acids is 2. The summed E-state index contributed by atoms with van der Waals surface area (Å²) in [5.74, 6) is -0.363. The van der Waals surface area contributed by atoms with Crippen LogP contribution in [0.15, 0.2) is 35.4 Å². The summed E-state index contributed by atoms with van der Waals surface area (Å²) >= 11 is 5.98. The monoisotopic (exact) mass is 483 g/mol. The van der Waals surface area contributed by atoms with Crippen LogP contribution in [0.4, 0.5) is 5.69 Å². The Balaban J connectivity index is 1.53. The van der Waals surface area contributed by atoms with Crippen molar-refractivity contribution < 1.29 is 22.7 Å². The van der Waals surface area contributed by atoms with E-state index in [9.17, 15) is 18.0 Å². The van der Waals surface area contributed by atoms with E-state index in [1.54, 1.807) is 25.2 Å². The molecule has 0 aliphatic carbocycles. The van der Waals surface area contributed by atoms with Gasteiger partial charge in [-0.15, -0.1) is 0 Å². The van der Waals surface area contributed by atoms with Crippen LogP contribution in [-0.2, 0) is 21.9 Å². The Hall–Kier alpha value is -2.60. The summed E-state index contributed by atoms with van der Waals surface area (Å²) in [6.07, 6.45) is 1.62. The summed E-state index contributed by atoms with van der Waals surface area (Å²) in [6, 6.07) is 6.26. The average Bonchev–Trinajstić information content (AvgIpc) is 3.15. The summed E-state index contributed by atoms with van der Waals surface area (Å²) in [7, 11) is -0.651. The van der Waals surface area contributed by atoms with Crippen molar-refractivity contribution >= 4 is 39.1 Å². The van der Waals surface area contributed by atoms with Gasteiger partial charge in [0.25, 0.3) is 5.91 Å². The first kappa shape index (κ1) is 24.1. The standard InChI is InChI=1S/C20H26ClN5O5S/c1-24-13-15(12-17(24)20(22)28)32(29,30)26-9-7-25(8-10-26)6-5-19(27)23-16-11-14(21)3-4-18(16)31-2/h3-4,11-13H,5-10H2,1-2H3,(H2,22,28)(H,23,27). The molecular weight excluding hydrogens is 458 g/mol. The third-order valence-electron chi connectivity index (χ3n) is 5.29. The van der Waals surface area contributed by atoms with Crippen LogP contribution in [-0.4, -0.2) is 73.8 Å². The Morgan fingerprint density at radius 2 is 1.88 bits per heavy atom. The molecule has 12 heteroatoms. The number of aromatic nitrogens is 1. The first-order valence-electron chi connectivity index (χ1n) is 9.94. The van der Waals surface area contributed by atoms with Gasteiger partial charge in [0.1, 0.15) is 16.3 Å². The number of rotatable bonds is 8. The van der Waals surface area contributed by atoms with Gasteiger partial charge in [-0.05, 0) is 24.3 Å². The molecule has 1 aliphatic heterocycles. The lowest BCUT2D eigenvalue weighted by Crippen LogP contribution is -2.49. The smallest absolute Gasteiger partial charge is 0.265 e. The van der Waals surface area contributed by atoms with E-state index in [4.69, 9.17) is 22.1 Å². The lowest BCUT2D eigenvalue weighted by Gasteiger charge is -2.33. The number of nitrogens with two attached hydrogens (primary N) is 1. The summed E-state index contributed by atoms with van der Waals surface area (Å²) in [4.78, 5) is 25.8. The number of methoxy groups -OCH3 is 1. The average molecular weight is 484 g/mol. The fourth-order valence-electron chi connectivity index (χ4n) is 3.51. The van der Waals surface area contributed by atoms with Crippen molar-refractivity contribution in [3.05, 3.63) is 41.2 Å². The lowest BCUT2D eigenvalue weighted by atomic mass is 10.2. The number of primary amides is 1. The number of amides is 2. The van der Waals surface area contributed by atoms with Crippen LogP contribution < -0.4 is 15.8 Å². The molecule has 10 nitrogen and oxygen atoms in total. The largest absolute Gasteiger partial charge is 0.495 e. The maximum absolute atomic E-state index is 12.9. The zero-order valence-corrected chi connectivity index (χ0v) is 19.4. The molecule has 0 bridgehead atoms. The van der Waals surface area contributed by atoms with Gasteiger partial charge in [0.2, 0.25) is 15.9 Å². The van der Waals surface area contributed by atoms with Gasteiger partial charge < -0.3 is 25.3 Å². The Morgan fingerprint density at radius 3 is 2.47 bits per heavy atom. The molecule has 0 saturated carbocycles. The highest BCUT2D eigenvalue weighted by atomic mass is 35.5. The van der Waals surface area contributed by atoms with Crippen molar-refractivity contribution in [1.82, 2.24) is 13.8 Å². The Kier molecular flexibility index (Phi) is 7.44. The fraction of sp³-hybridized carbons (Fsp3) is 0.400.